The Morgan fingerprint density at radius 3 is 2.76 bits per heavy atom. The van der Waals surface area contributed by atoms with Crippen molar-refractivity contribution in [2.24, 2.45) is 5.92 Å². The van der Waals surface area contributed by atoms with Crippen LogP contribution >= 0.6 is 11.3 Å². The molecule has 0 unspecified atom stereocenters. The fourth-order valence-electron chi connectivity index (χ4n) is 3.31. The molecule has 1 atom stereocenters. The zero-order valence-electron chi connectivity index (χ0n) is 15.8. The van der Waals surface area contributed by atoms with Gasteiger partial charge < -0.3 is 10.2 Å². The molecular weight excluding hydrogens is 392 g/mol. The minimum Gasteiger partial charge on any atom is -0.312 e. The predicted molar refractivity (Wildman–Crippen MR) is 111 cm³/mol. The van der Waals surface area contributed by atoms with Crippen LogP contribution in [0.1, 0.15) is 17.5 Å². The van der Waals surface area contributed by atoms with E-state index >= 15 is 0 Å². The highest BCUT2D eigenvalue weighted by atomic mass is 32.1. The number of anilines is 2. The summed E-state index contributed by atoms with van der Waals surface area (Å²) >= 11 is 1.17. The standard InChI is InChI=1S/C20H18N4O4S/c1-11-3-4-14(7-12(11)2)23-10-13(8-18(23)25)19(26)22-20-21-16-6-5-15(24(27)28)9-17(16)29-20/h3-7,9,13H,8,10H2,1-2H3,(H,21,22,26)/t13-/m1/s1. The average molecular weight is 410 g/mol. The fourth-order valence-corrected chi connectivity index (χ4v) is 4.22. The maximum absolute atomic E-state index is 12.7. The molecule has 29 heavy (non-hydrogen) atoms. The second kappa shape index (κ2) is 7.25. The number of carbonyl (C=O) groups excluding carboxylic acids is 2. The van der Waals surface area contributed by atoms with Crippen molar-refractivity contribution in [3.8, 4) is 0 Å². The van der Waals surface area contributed by atoms with E-state index in [1.807, 2.05) is 32.0 Å². The van der Waals surface area contributed by atoms with Crippen LogP contribution in [0.2, 0.25) is 0 Å². The normalized spacial score (nSPS) is 16.4. The molecule has 2 heterocycles. The molecule has 1 aromatic heterocycles. The lowest BCUT2D eigenvalue weighted by Crippen LogP contribution is -2.28. The van der Waals surface area contributed by atoms with Crippen molar-refractivity contribution >= 4 is 49.9 Å². The van der Waals surface area contributed by atoms with Gasteiger partial charge in [0.05, 0.1) is 21.1 Å². The molecule has 1 fully saturated rings. The highest BCUT2D eigenvalue weighted by Crippen LogP contribution is 2.31. The summed E-state index contributed by atoms with van der Waals surface area (Å²) in [6.45, 7) is 4.30. The van der Waals surface area contributed by atoms with Crippen molar-refractivity contribution in [3.63, 3.8) is 0 Å². The lowest BCUT2D eigenvalue weighted by atomic mass is 10.1. The Morgan fingerprint density at radius 2 is 2.03 bits per heavy atom. The molecule has 0 saturated carbocycles. The van der Waals surface area contributed by atoms with Crippen molar-refractivity contribution in [1.82, 2.24) is 4.98 Å². The number of amides is 2. The Hall–Kier alpha value is -3.33. The number of hydrogen-bond donors (Lipinski definition) is 1. The molecule has 0 bridgehead atoms. The topological polar surface area (TPSA) is 105 Å². The number of benzene rings is 2. The van der Waals surface area contributed by atoms with Gasteiger partial charge >= 0.3 is 0 Å². The third-order valence-corrected chi connectivity index (χ3v) is 6.04. The molecule has 0 spiro atoms. The van der Waals surface area contributed by atoms with Crippen LogP contribution < -0.4 is 10.2 Å². The maximum atomic E-state index is 12.7. The summed E-state index contributed by atoms with van der Waals surface area (Å²) in [6, 6.07) is 10.2. The highest BCUT2D eigenvalue weighted by molar-refractivity contribution is 7.22. The van der Waals surface area contributed by atoms with Crippen LogP contribution in [-0.4, -0.2) is 28.3 Å². The summed E-state index contributed by atoms with van der Waals surface area (Å²) in [5, 5.41) is 14.0. The van der Waals surface area contributed by atoms with Gasteiger partial charge in [0.2, 0.25) is 11.8 Å². The second-order valence-corrected chi connectivity index (χ2v) is 8.12. The molecule has 148 valence electrons. The Morgan fingerprint density at radius 1 is 1.24 bits per heavy atom. The highest BCUT2D eigenvalue weighted by Gasteiger charge is 2.35. The van der Waals surface area contributed by atoms with Gasteiger partial charge in [-0.3, -0.25) is 19.7 Å². The molecule has 0 radical (unpaired) electrons. The van der Waals surface area contributed by atoms with E-state index in [0.29, 0.717) is 21.9 Å². The first kappa shape index (κ1) is 19.0. The summed E-state index contributed by atoms with van der Waals surface area (Å²) in [7, 11) is 0. The summed E-state index contributed by atoms with van der Waals surface area (Å²) < 4.78 is 0.619. The smallest absolute Gasteiger partial charge is 0.270 e. The summed E-state index contributed by atoms with van der Waals surface area (Å²) in [5.41, 5.74) is 3.58. The molecule has 8 nitrogen and oxygen atoms in total. The van der Waals surface area contributed by atoms with Crippen LogP contribution in [0.3, 0.4) is 0 Å². The lowest BCUT2D eigenvalue weighted by Gasteiger charge is -2.17. The fraction of sp³-hybridized carbons (Fsp3) is 0.250. The zero-order valence-corrected chi connectivity index (χ0v) is 16.7. The van der Waals surface area contributed by atoms with Crippen LogP contribution in [0.15, 0.2) is 36.4 Å². The third kappa shape index (κ3) is 3.68. The Bertz CT molecular complexity index is 1160. The number of nitro groups is 1. The van der Waals surface area contributed by atoms with Gasteiger partial charge in [0.1, 0.15) is 0 Å². The number of thiazole rings is 1. The molecule has 3 aromatic rings. The van der Waals surface area contributed by atoms with Gasteiger partial charge in [-0.2, -0.15) is 0 Å². The molecule has 1 aliphatic heterocycles. The monoisotopic (exact) mass is 410 g/mol. The van der Waals surface area contributed by atoms with Gasteiger partial charge in [-0.05, 0) is 43.2 Å². The number of nitro benzene ring substituents is 1. The zero-order chi connectivity index (χ0) is 20.7. The number of carbonyl (C=O) groups is 2. The Labute approximate surface area is 170 Å². The second-order valence-electron chi connectivity index (χ2n) is 7.09. The first-order valence-electron chi connectivity index (χ1n) is 9.05. The number of hydrogen-bond acceptors (Lipinski definition) is 6. The molecule has 4 rings (SSSR count). The molecule has 2 amide bonds. The van der Waals surface area contributed by atoms with Crippen molar-refractivity contribution in [1.29, 1.82) is 0 Å². The lowest BCUT2D eigenvalue weighted by molar-refractivity contribution is -0.384. The molecule has 1 saturated heterocycles. The minimum atomic E-state index is -0.481. The van der Waals surface area contributed by atoms with Crippen molar-refractivity contribution < 1.29 is 14.5 Å². The van der Waals surface area contributed by atoms with E-state index in [9.17, 15) is 19.7 Å². The van der Waals surface area contributed by atoms with E-state index in [4.69, 9.17) is 0 Å². The van der Waals surface area contributed by atoms with Crippen molar-refractivity contribution in [2.45, 2.75) is 20.3 Å². The predicted octanol–water partition coefficient (Wildman–Crippen LogP) is 3.81. The molecule has 0 aliphatic carbocycles. The number of nitrogens with zero attached hydrogens (tertiary/aromatic N) is 3. The van der Waals surface area contributed by atoms with E-state index in [2.05, 4.69) is 10.3 Å². The van der Waals surface area contributed by atoms with E-state index in [1.54, 1.807) is 11.0 Å². The quantitative estimate of drug-likeness (QED) is 0.520. The largest absolute Gasteiger partial charge is 0.312 e. The van der Waals surface area contributed by atoms with E-state index in [1.165, 1.54) is 23.5 Å². The number of nitrogens with one attached hydrogen (secondary N) is 1. The van der Waals surface area contributed by atoms with Crippen LogP contribution in [0.5, 0.6) is 0 Å². The Balaban J connectivity index is 1.49. The number of aromatic nitrogens is 1. The molecule has 9 heteroatoms. The van der Waals surface area contributed by atoms with E-state index < -0.39 is 10.8 Å². The van der Waals surface area contributed by atoms with Gasteiger partial charge in [-0.25, -0.2) is 4.98 Å². The summed E-state index contributed by atoms with van der Waals surface area (Å²) in [4.78, 5) is 41.5. The van der Waals surface area contributed by atoms with E-state index in [0.717, 1.165) is 16.8 Å². The number of fused-ring (bicyclic) bond motifs is 1. The molecule has 1 aliphatic rings. The van der Waals surface area contributed by atoms with E-state index in [-0.39, 0.29) is 23.9 Å². The molecular formula is C20H18N4O4S. The van der Waals surface area contributed by atoms with Crippen LogP contribution in [0.4, 0.5) is 16.5 Å². The first-order chi connectivity index (χ1) is 13.8. The van der Waals surface area contributed by atoms with Crippen LogP contribution in [0, 0.1) is 29.9 Å². The summed E-state index contributed by atoms with van der Waals surface area (Å²) in [5.74, 6) is -0.850. The molecule has 1 N–H and O–H groups in total. The van der Waals surface area contributed by atoms with Gasteiger partial charge in [-0.15, -0.1) is 0 Å². The minimum absolute atomic E-state index is 0.0237. The van der Waals surface area contributed by atoms with Crippen molar-refractivity contribution in [2.75, 3.05) is 16.8 Å². The summed E-state index contributed by atoms with van der Waals surface area (Å²) in [6.07, 6.45) is 0.134. The van der Waals surface area contributed by atoms with Gasteiger partial charge in [0.15, 0.2) is 5.13 Å². The van der Waals surface area contributed by atoms with Crippen molar-refractivity contribution in [3.05, 3.63) is 57.6 Å². The van der Waals surface area contributed by atoms with Gasteiger partial charge in [0.25, 0.3) is 5.69 Å². The van der Waals surface area contributed by atoms with Gasteiger partial charge in [0, 0.05) is 30.8 Å². The number of rotatable bonds is 4. The first-order valence-corrected chi connectivity index (χ1v) is 9.87. The van der Waals surface area contributed by atoms with Crippen LogP contribution in [-0.2, 0) is 9.59 Å². The van der Waals surface area contributed by atoms with Gasteiger partial charge in [-0.1, -0.05) is 17.4 Å². The average Bonchev–Trinajstić information content (AvgIpc) is 3.26. The third-order valence-electron chi connectivity index (χ3n) is 5.11. The number of non-ortho nitro benzene ring substituents is 1. The van der Waals surface area contributed by atoms with Crippen LogP contribution in [0.25, 0.3) is 10.2 Å². The maximum Gasteiger partial charge on any atom is 0.270 e. The number of aryl methyl sites for hydroxylation is 2. The molecule has 2 aromatic carbocycles. The Kier molecular flexibility index (Phi) is 4.75. The SMILES string of the molecule is Cc1ccc(N2C[C@H](C(=O)Nc3nc4ccc([N+](=O)[O-])cc4s3)CC2=O)cc1C.